The molecular weight excluding hydrogens is 352 g/mol. The summed E-state index contributed by atoms with van der Waals surface area (Å²) in [4.78, 5) is 4.55. The zero-order chi connectivity index (χ0) is 18.6. The molecule has 0 radical (unpaired) electrons. The quantitative estimate of drug-likeness (QED) is 0.359. The molecular formula is C23H16N2OS. The Hall–Kier alpha value is -3.42. The molecule has 0 unspecified atom stereocenters. The van der Waals surface area contributed by atoms with Crippen LogP contribution in [0.4, 0.5) is 0 Å². The van der Waals surface area contributed by atoms with Crippen molar-refractivity contribution in [1.82, 2.24) is 4.98 Å². The molecule has 4 heteroatoms. The predicted molar refractivity (Wildman–Crippen MR) is 110 cm³/mol. The van der Waals surface area contributed by atoms with Gasteiger partial charge in [-0.15, -0.1) is 11.3 Å². The number of aliphatic hydroxyl groups excluding tert-OH is 1. The van der Waals surface area contributed by atoms with E-state index in [-0.39, 0.29) is 11.3 Å². The second-order valence-corrected chi connectivity index (χ2v) is 7.14. The fourth-order valence-electron chi connectivity index (χ4n) is 3.14. The Morgan fingerprint density at radius 1 is 0.852 bits per heavy atom. The fraction of sp³-hybridized carbons (Fsp3) is 0.0435. The van der Waals surface area contributed by atoms with Gasteiger partial charge in [0.05, 0.1) is 16.1 Å². The van der Waals surface area contributed by atoms with Gasteiger partial charge in [0.15, 0.2) is 0 Å². The zero-order valence-electron chi connectivity index (χ0n) is 14.4. The SMILES string of the molecule is N#CC(=C(O)C(c1ccccc1)c1ccccc1)c1nc2ccccc2s1. The monoisotopic (exact) mass is 368 g/mol. The van der Waals surface area contributed by atoms with E-state index in [0.717, 1.165) is 21.3 Å². The molecule has 130 valence electrons. The Labute approximate surface area is 161 Å². The van der Waals surface area contributed by atoms with E-state index in [0.29, 0.717) is 5.01 Å². The third kappa shape index (κ3) is 3.33. The summed E-state index contributed by atoms with van der Waals surface area (Å²) in [5.41, 5.74) is 2.90. The Balaban J connectivity index is 1.90. The van der Waals surface area contributed by atoms with Gasteiger partial charge in [-0.25, -0.2) is 4.98 Å². The molecule has 1 N–H and O–H groups in total. The molecule has 3 nitrogen and oxygen atoms in total. The number of fused-ring (bicyclic) bond motifs is 1. The first-order valence-electron chi connectivity index (χ1n) is 8.57. The molecule has 0 aliphatic heterocycles. The summed E-state index contributed by atoms with van der Waals surface area (Å²) in [6, 6.07) is 29.3. The topological polar surface area (TPSA) is 56.9 Å². The van der Waals surface area contributed by atoms with E-state index < -0.39 is 5.92 Å². The molecule has 0 bridgehead atoms. The number of para-hydroxylation sites is 1. The minimum absolute atomic E-state index is 0.0222. The van der Waals surface area contributed by atoms with Crippen LogP contribution >= 0.6 is 11.3 Å². The average molecular weight is 368 g/mol. The van der Waals surface area contributed by atoms with Crippen LogP contribution in [-0.2, 0) is 0 Å². The summed E-state index contributed by atoms with van der Waals surface area (Å²) in [7, 11) is 0. The Morgan fingerprint density at radius 3 is 1.96 bits per heavy atom. The summed E-state index contributed by atoms with van der Waals surface area (Å²) < 4.78 is 0.990. The number of thiazole rings is 1. The van der Waals surface area contributed by atoms with Crippen molar-refractivity contribution in [1.29, 1.82) is 5.26 Å². The minimum Gasteiger partial charge on any atom is -0.510 e. The van der Waals surface area contributed by atoms with Crippen LogP contribution in [-0.4, -0.2) is 10.1 Å². The van der Waals surface area contributed by atoms with Gasteiger partial charge in [0.1, 0.15) is 22.4 Å². The number of benzene rings is 3. The van der Waals surface area contributed by atoms with E-state index in [1.54, 1.807) is 0 Å². The van der Waals surface area contributed by atoms with Crippen LogP contribution in [0.3, 0.4) is 0 Å². The van der Waals surface area contributed by atoms with E-state index >= 15 is 0 Å². The number of nitriles is 1. The normalized spacial score (nSPS) is 12.0. The molecule has 27 heavy (non-hydrogen) atoms. The molecule has 3 aromatic carbocycles. The minimum atomic E-state index is -0.422. The summed E-state index contributed by atoms with van der Waals surface area (Å²) in [6.45, 7) is 0. The molecule has 0 atom stereocenters. The fourth-order valence-corrected chi connectivity index (χ4v) is 4.11. The van der Waals surface area contributed by atoms with E-state index in [4.69, 9.17) is 0 Å². The molecule has 0 amide bonds. The number of aliphatic hydroxyl groups is 1. The van der Waals surface area contributed by atoms with Crippen LogP contribution in [0.1, 0.15) is 22.1 Å². The van der Waals surface area contributed by atoms with Crippen molar-refractivity contribution >= 4 is 27.1 Å². The van der Waals surface area contributed by atoms with Gasteiger partial charge in [0, 0.05) is 0 Å². The van der Waals surface area contributed by atoms with E-state index in [1.165, 1.54) is 11.3 Å². The highest BCUT2D eigenvalue weighted by atomic mass is 32.1. The molecule has 0 fully saturated rings. The number of hydrogen-bond acceptors (Lipinski definition) is 4. The van der Waals surface area contributed by atoms with Crippen LogP contribution < -0.4 is 0 Å². The lowest BCUT2D eigenvalue weighted by atomic mass is 9.88. The summed E-state index contributed by atoms with van der Waals surface area (Å²) in [5.74, 6) is -0.400. The highest BCUT2D eigenvalue weighted by Crippen LogP contribution is 2.36. The largest absolute Gasteiger partial charge is 0.510 e. The van der Waals surface area contributed by atoms with E-state index in [2.05, 4.69) is 11.1 Å². The number of aromatic nitrogens is 1. The molecule has 1 heterocycles. The summed E-state index contributed by atoms with van der Waals surface area (Å²) in [5, 5.41) is 21.5. The third-order valence-electron chi connectivity index (χ3n) is 4.41. The highest BCUT2D eigenvalue weighted by Gasteiger charge is 2.24. The van der Waals surface area contributed by atoms with Gasteiger partial charge in [0.2, 0.25) is 0 Å². The van der Waals surface area contributed by atoms with Gasteiger partial charge in [-0.3, -0.25) is 0 Å². The van der Waals surface area contributed by atoms with Gasteiger partial charge < -0.3 is 5.11 Å². The molecule has 0 aliphatic carbocycles. The van der Waals surface area contributed by atoms with Crippen LogP contribution in [0.15, 0.2) is 90.7 Å². The summed E-state index contributed by atoms with van der Waals surface area (Å²) >= 11 is 1.41. The number of allylic oxidation sites excluding steroid dienone is 2. The molecule has 0 aliphatic rings. The smallest absolute Gasteiger partial charge is 0.138 e. The Bertz CT molecular complexity index is 1070. The average Bonchev–Trinajstić information content (AvgIpc) is 3.14. The van der Waals surface area contributed by atoms with Gasteiger partial charge >= 0.3 is 0 Å². The van der Waals surface area contributed by atoms with Crippen molar-refractivity contribution in [3.8, 4) is 6.07 Å². The zero-order valence-corrected chi connectivity index (χ0v) is 15.2. The maximum atomic E-state index is 11.2. The lowest BCUT2D eigenvalue weighted by molar-refractivity contribution is 0.385. The van der Waals surface area contributed by atoms with Gasteiger partial charge in [-0.1, -0.05) is 72.8 Å². The van der Waals surface area contributed by atoms with Crippen LogP contribution in [0.2, 0.25) is 0 Å². The third-order valence-corrected chi connectivity index (χ3v) is 5.47. The second-order valence-electron chi connectivity index (χ2n) is 6.11. The maximum Gasteiger partial charge on any atom is 0.138 e. The first-order chi connectivity index (χ1) is 13.3. The summed E-state index contributed by atoms with van der Waals surface area (Å²) in [6.07, 6.45) is 0. The second kappa shape index (κ2) is 7.45. The maximum absolute atomic E-state index is 11.2. The number of nitrogens with zero attached hydrogens (tertiary/aromatic N) is 2. The van der Waals surface area contributed by atoms with Crippen molar-refractivity contribution in [2.45, 2.75) is 5.92 Å². The lowest BCUT2D eigenvalue weighted by Crippen LogP contribution is -2.06. The molecule has 0 saturated heterocycles. The van der Waals surface area contributed by atoms with Crippen molar-refractivity contribution < 1.29 is 5.11 Å². The van der Waals surface area contributed by atoms with Gasteiger partial charge in [0.25, 0.3) is 0 Å². The van der Waals surface area contributed by atoms with Crippen molar-refractivity contribution in [2.24, 2.45) is 0 Å². The van der Waals surface area contributed by atoms with Gasteiger partial charge in [-0.2, -0.15) is 5.26 Å². The molecule has 0 saturated carbocycles. The molecule has 0 spiro atoms. The van der Waals surface area contributed by atoms with Crippen molar-refractivity contribution in [2.75, 3.05) is 0 Å². The molecule has 4 aromatic rings. The lowest BCUT2D eigenvalue weighted by Gasteiger charge is -2.18. The van der Waals surface area contributed by atoms with Crippen LogP contribution in [0.5, 0.6) is 0 Å². The molecule has 1 aromatic heterocycles. The Kier molecular flexibility index (Phi) is 4.69. The molecule has 4 rings (SSSR count). The number of rotatable bonds is 4. The van der Waals surface area contributed by atoms with E-state index in [1.807, 2.05) is 84.9 Å². The van der Waals surface area contributed by atoms with Crippen molar-refractivity contribution in [3.05, 3.63) is 107 Å². The van der Waals surface area contributed by atoms with Crippen LogP contribution in [0, 0.1) is 11.3 Å². The van der Waals surface area contributed by atoms with Gasteiger partial charge in [-0.05, 0) is 23.3 Å². The first-order valence-corrected chi connectivity index (χ1v) is 9.38. The van der Waals surface area contributed by atoms with E-state index in [9.17, 15) is 10.4 Å². The van der Waals surface area contributed by atoms with Crippen LogP contribution in [0.25, 0.3) is 15.8 Å². The predicted octanol–water partition coefficient (Wildman–Crippen LogP) is 5.92. The Morgan fingerprint density at radius 2 is 1.41 bits per heavy atom. The highest BCUT2D eigenvalue weighted by molar-refractivity contribution is 7.19. The first kappa shape index (κ1) is 17.0. The standard InChI is InChI=1S/C23H16N2OS/c24-15-18(23-25-19-13-7-8-14-20(19)27-23)22(26)21(16-9-3-1-4-10-16)17-11-5-2-6-12-17/h1-14,21,26H. The van der Waals surface area contributed by atoms with Crippen molar-refractivity contribution in [3.63, 3.8) is 0 Å². The number of hydrogen-bond donors (Lipinski definition) is 1.